The van der Waals surface area contributed by atoms with Crippen LogP contribution in [0.1, 0.15) is 30.2 Å². The Morgan fingerprint density at radius 1 is 1.18 bits per heavy atom. The molecule has 0 spiro atoms. The number of hydrogen-bond donors (Lipinski definition) is 1. The lowest BCUT2D eigenvalue weighted by Crippen LogP contribution is -2.27. The van der Waals surface area contributed by atoms with E-state index in [9.17, 15) is 4.79 Å². The Hall–Kier alpha value is -2.33. The fourth-order valence-electron chi connectivity index (χ4n) is 2.57. The predicted octanol–water partition coefficient (Wildman–Crippen LogP) is 2.77. The van der Waals surface area contributed by atoms with Crippen LogP contribution in [0.2, 0.25) is 0 Å². The number of para-hydroxylation sites is 1. The molecule has 0 bridgehead atoms. The van der Waals surface area contributed by atoms with E-state index in [1.54, 1.807) is 16.8 Å². The highest BCUT2D eigenvalue weighted by Crippen LogP contribution is 2.28. The summed E-state index contributed by atoms with van der Waals surface area (Å²) in [6.45, 7) is 0.192. The fraction of sp³-hybridized carbons (Fsp3) is 0.278. The van der Waals surface area contributed by atoms with Gasteiger partial charge in [-0.2, -0.15) is 0 Å². The number of ether oxygens (including phenoxy) is 1. The van der Waals surface area contributed by atoms with Crippen LogP contribution in [0.15, 0.2) is 53.5 Å². The fourth-order valence-corrected chi connectivity index (χ4v) is 2.57. The Kier molecular flexibility index (Phi) is 4.39. The Balaban J connectivity index is 1.78. The maximum atomic E-state index is 12.3. The second-order valence-corrected chi connectivity index (χ2v) is 5.37. The number of fused-ring (bicyclic) bond motifs is 1. The average molecular weight is 297 g/mol. The number of nitrogens with zero attached hydrogens (tertiary/aromatic N) is 1. The topological polar surface area (TPSA) is 51.5 Å². The van der Waals surface area contributed by atoms with Crippen LogP contribution in [0.3, 0.4) is 0 Å². The molecule has 0 aliphatic carbocycles. The van der Waals surface area contributed by atoms with Crippen molar-refractivity contribution in [1.82, 2.24) is 4.57 Å². The van der Waals surface area contributed by atoms with E-state index in [1.165, 1.54) is 0 Å². The van der Waals surface area contributed by atoms with E-state index in [1.807, 2.05) is 42.5 Å². The predicted molar refractivity (Wildman–Crippen MR) is 85.9 cm³/mol. The van der Waals surface area contributed by atoms with Crippen LogP contribution in [0, 0.1) is 0 Å². The van der Waals surface area contributed by atoms with Crippen LogP contribution in [0.4, 0.5) is 0 Å². The van der Waals surface area contributed by atoms with Crippen LogP contribution in [-0.4, -0.2) is 16.3 Å². The van der Waals surface area contributed by atoms with Gasteiger partial charge in [0.1, 0.15) is 5.75 Å². The third-order valence-corrected chi connectivity index (χ3v) is 3.77. The van der Waals surface area contributed by atoms with Gasteiger partial charge in [0.2, 0.25) is 0 Å². The van der Waals surface area contributed by atoms with Crippen LogP contribution in [-0.2, 0) is 6.42 Å². The maximum absolute atomic E-state index is 12.3. The summed E-state index contributed by atoms with van der Waals surface area (Å²) in [5.74, 6) is 0.786. The van der Waals surface area contributed by atoms with Gasteiger partial charge < -0.3 is 9.84 Å². The van der Waals surface area contributed by atoms with Gasteiger partial charge in [-0.25, -0.2) is 0 Å². The highest BCUT2D eigenvalue weighted by molar-refractivity contribution is 5.59. The third kappa shape index (κ3) is 3.12. The first-order valence-electron chi connectivity index (χ1n) is 7.54. The molecule has 2 heterocycles. The van der Waals surface area contributed by atoms with E-state index in [0.717, 1.165) is 36.1 Å². The van der Waals surface area contributed by atoms with E-state index in [0.29, 0.717) is 0 Å². The molecule has 0 saturated carbocycles. The molecule has 0 fully saturated rings. The van der Waals surface area contributed by atoms with Gasteiger partial charge in [0, 0.05) is 24.4 Å². The van der Waals surface area contributed by atoms with Gasteiger partial charge in [0.15, 0.2) is 6.23 Å². The monoisotopic (exact) mass is 297 g/mol. The lowest BCUT2D eigenvalue weighted by Gasteiger charge is -2.23. The minimum atomic E-state index is -0.408. The van der Waals surface area contributed by atoms with Gasteiger partial charge in [0.05, 0.1) is 0 Å². The lowest BCUT2D eigenvalue weighted by molar-refractivity contribution is 0.174. The molecule has 1 atom stereocenters. The van der Waals surface area contributed by atoms with Gasteiger partial charge in [0.25, 0.3) is 5.56 Å². The number of rotatable bonds is 5. The number of aromatic nitrogens is 1. The SMILES string of the molecule is O=c1cc(CCCCO)ccn1C1C=Cc2ccccc2O1. The molecular formula is C18H19NO3. The molecule has 1 unspecified atom stereocenters. The summed E-state index contributed by atoms with van der Waals surface area (Å²) in [5, 5.41) is 8.80. The zero-order chi connectivity index (χ0) is 15.4. The van der Waals surface area contributed by atoms with Crippen molar-refractivity contribution in [2.75, 3.05) is 6.61 Å². The van der Waals surface area contributed by atoms with Crippen molar-refractivity contribution in [1.29, 1.82) is 0 Å². The summed E-state index contributed by atoms with van der Waals surface area (Å²) in [4.78, 5) is 12.3. The summed E-state index contributed by atoms with van der Waals surface area (Å²) < 4.78 is 7.47. The quantitative estimate of drug-likeness (QED) is 0.863. The molecular weight excluding hydrogens is 278 g/mol. The van der Waals surface area contributed by atoms with E-state index in [4.69, 9.17) is 9.84 Å². The molecule has 1 N–H and O–H groups in total. The molecule has 1 aromatic carbocycles. The van der Waals surface area contributed by atoms with E-state index < -0.39 is 6.23 Å². The Labute approximate surface area is 129 Å². The van der Waals surface area contributed by atoms with Crippen molar-refractivity contribution in [3.05, 3.63) is 70.2 Å². The Bertz CT molecular complexity index is 733. The second kappa shape index (κ2) is 6.62. The molecule has 2 aromatic rings. The van der Waals surface area contributed by atoms with Gasteiger partial charge >= 0.3 is 0 Å². The first-order valence-corrected chi connectivity index (χ1v) is 7.54. The molecule has 114 valence electrons. The normalized spacial score (nSPS) is 16.1. The van der Waals surface area contributed by atoms with E-state index in [-0.39, 0.29) is 12.2 Å². The number of aliphatic hydroxyl groups is 1. The molecule has 0 amide bonds. The van der Waals surface area contributed by atoms with Crippen LogP contribution in [0.5, 0.6) is 5.75 Å². The maximum Gasteiger partial charge on any atom is 0.253 e. The molecule has 1 aromatic heterocycles. The molecule has 22 heavy (non-hydrogen) atoms. The summed E-state index contributed by atoms with van der Waals surface area (Å²) in [5.41, 5.74) is 1.94. The van der Waals surface area contributed by atoms with Crippen molar-refractivity contribution in [2.45, 2.75) is 25.5 Å². The highest BCUT2D eigenvalue weighted by atomic mass is 16.5. The smallest absolute Gasteiger partial charge is 0.253 e. The van der Waals surface area contributed by atoms with Gasteiger partial charge in [-0.3, -0.25) is 9.36 Å². The second-order valence-electron chi connectivity index (χ2n) is 5.37. The highest BCUT2D eigenvalue weighted by Gasteiger charge is 2.16. The lowest BCUT2D eigenvalue weighted by atomic mass is 10.1. The average Bonchev–Trinajstić information content (AvgIpc) is 2.55. The van der Waals surface area contributed by atoms with Crippen LogP contribution >= 0.6 is 0 Å². The van der Waals surface area contributed by atoms with Crippen molar-refractivity contribution in [3.63, 3.8) is 0 Å². The Morgan fingerprint density at radius 3 is 2.86 bits per heavy atom. The minimum absolute atomic E-state index is 0.0736. The first kappa shape index (κ1) is 14.6. The summed E-state index contributed by atoms with van der Waals surface area (Å²) in [6, 6.07) is 11.4. The standard InChI is InChI=1S/C18H19NO3/c20-12-4-3-5-14-10-11-19(17(21)13-14)18-9-8-15-6-1-2-7-16(15)22-18/h1-2,6-11,13,18,20H,3-5,12H2. The largest absolute Gasteiger partial charge is 0.466 e. The van der Waals surface area contributed by atoms with Crippen molar-refractivity contribution in [2.24, 2.45) is 0 Å². The zero-order valence-electron chi connectivity index (χ0n) is 12.3. The minimum Gasteiger partial charge on any atom is -0.466 e. The van der Waals surface area contributed by atoms with E-state index >= 15 is 0 Å². The Morgan fingerprint density at radius 2 is 2.05 bits per heavy atom. The first-order chi connectivity index (χ1) is 10.8. The summed E-state index contributed by atoms with van der Waals surface area (Å²) in [7, 11) is 0. The molecule has 1 aliphatic rings. The number of pyridine rings is 1. The van der Waals surface area contributed by atoms with Crippen LogP contribution < -0.4 is 10.3 Å². The number of benzene rings is 1. The number of hydrogen-bond acceptors (Lipinski definition) is 3. The van der Waals surface area contributed by atoms with Crippen LogP contribution in [0.25, 0.3) is 6.08 Å². The molecule has 4 heteroatoms. The molecule has 3 rings (SSSR count). The van der Waals surface area contributed by atoms with E-state index in [2.05, 4.69) is 0 Å². The zero-order valence-corrected chi connectivity index (χ0v) is 12.3. The van der Waals surface area contributed by atoms with Gasteiger partial charge in [-0.05, 0) is 49.1 Å². The third-order valence-electron chi connectivity index (χ3n) is 3.77. The number of aliphatic hydroxyl groups excluding tert-OH is 1. The number of aryl methyl sites for hydroxylation is 1. The van der Waals surface area contributed by atoms with Gasteiger partial charge in [-0.15, -0.1) is 0 Å². The van der Waals surface area contributed by atoms with Crippen molar-refractivity contribution >= 4 is 6.08 Å². The summed E-state index contributed by atoms with van der Waals surface area (Å²) in [6.07, 6.45) is 7.68. The number of unbranched alkanes of at least 4 members (excludes halogenated alkanes) is 1. The van der Waals surface area contributed by atoms with Crippen molar-refractivity contribution in [3.8, 4) is 5.75 Å². The molecule has 0 radical (unpaired) electrons. The summed E-state index contributed by atoms with van der Waals surface area (Å²) >= 11 is 0. The van der Waals surface area contributed by atoms with Gasteiger partial charge in [-0.1, -0.05) is 18.2 Å². The molecule has 0 saturated heterocycles. The van der Waals surface area contributed by atoms with Crippen molar-refractivity contribution < 1.29 is 9.84 Å². The molecule has 4 nitrogen and oxygen atoms in total. The molecule has 1 aliphatic heterocycles.